The SMILES string of the molecule is CC(=O)N1CCc2c(c(N3CCCc4cc(-c5cnn(C)c5)c(C(F)F)cc43)nn2C2CCN(CC3C(C)CN(c4ncc(C(=O)NC5C(C)(C)C(Oc6ccc(C#N)c(C(F)(F)F)c6)C5(C)C)cn4)CC3C)CC2)C1. The van der Waals surface area contributed by atoms with Crippen LogP contribution < -0.4 is 19.9 Å². The number of hydrogen-bond donors (Lipinski definition) is 1. The van der Waals surface area contributed by atoms with Gasteiger partial charge in [-0.2, -0.15) is 28.6 Å². The monoisotopic (exact) mass is 1050 g/mol. The number of piperidine rings is 2. The van der Waals surface area contributed by atoms with Gasteiger partial charge < -0.3 is 29.7 Å². The largest absolute Gasteiger partial charge is 0.489 e. The molecule has 4 aliphatic heterocycles. The summed E-state index contributed by atoms with van der Waals surface area (Å²) in [5.41, 5.74) is 2.44. The molecule has 0 spiro atoms. The van der Waals surface area contributed by atoms with Crippen LogP contribution in [0.4, 0.5) is 39.4 Å². The number of carbonyl (C=O) groups is 2. The Bertz CT molecular complexity index is 3020. The van der Waals surface area contributed by atoms with Gasteiger partial charge in [0.05, 0.1) is 41.5 Å². The number of halogens is 5. The van der Waals surface area contributed by atoms with Gasteiger partial charge in [0.15, 0.2) is 5.82 Å². The van der Waals surface area contributed by atoms with Crippen LogP contribution in [0.25, 0.3) is 11.1 Å². The standard InChI is InChI=1S/C56H67F5N12O3/c1-32-27-71(53-63-24-37(25-64-53)50(75)66-51-54(4,5)52(55(51,6)7)76-40-12-11-36(23-62)45(21-40)56(59,60)61)28-33(2)43(32)30-69-17-13-39(14-18-69)73-46-15-19-70(34(3)74)31-44(46)49(67-73)72-16-9-10-35-20-41(38-26-65-68(8)29-38)42(48(57)58)22-47(35)72/h11-12,20-22,24-26,29,32-33,39,43,48,51-52H,9-10,13-19,27-28,30-31H2,1-8H3,(H,66,75). The molecule has 2 aromatic carbocycles. The van der Waals surface area contributed by atoms with Gasteiger partial charge >= 0.3 is 6.18 Å². The molecule has 2 unspecified atom stereocenters. The average Bonchev–Trinajstić information content (AvgIpc) is 4.07. The van der Waals surface area contributed by atoms with E-state index >= 15 is 0 Å². The van der Waals surface area contributed by atoms with Crippen molar-refractivity contribution < 1.29 is 36.3 Å². The highest BCUT2D eigenvalue weighted by Gasteiger charge is 2.64. The number of anilines is 3. The molecular weight excluding hydrogens is 984 g/mol. The number of fused-ring (bicyclic) bond motifs is 2. The Kier molecular flexibility index (Phi) is 13.9. The van der Waals surface area contributed by atoms with E-state index in [-0.39, 0.29) is 29.2 Å². The molecule has 3 fully saturated rings. The normalized spacial score (nSPS) is 23.6. The summed E-state index contributed by atoms with van der Waals surface area (Å²) in [6, 6.07) is 8.25. The van der Waals surface area contributed by atoms with Crippen molar-refractivity contribution in [2.24, 2.45) is 35.6 Å². The number of rotatable bonds is 11. The molecule has 3 aromatic heterocycles. The second kappa shape index (κ2) is 20.1. The topological polar surface area (TPSA) is 154 Å². The van der Waals surface area contributed by atoms with Crippen LogP contribution >= 0.6 is 0 Å². The maximum atomic E-state index is 14.8. The molecule has 404 valence electrons. The first kappa shape index (κ1) is 52.8. The third-order valence-corrected chi connectivity index (χ3v) is 17.2. The van der Waals surface area contributed by atoms with Gasteiger partial charge in [-0.05, 0) is 84.9 Å². The molecule has 5 aliphatic rings. The van der Waals surface area contributed by atoms with Crippen molar-refractivity contribution in [1.29, 1.82) is 5.26 Å². The maximum absolute atomic E-state index is 14.8. The molecule has 20 heteroatoms. The molecule has 15 nitrogen and oxygen atoms in total. The van der Waals surface area contributed by atoms with E-state index in [9.17, 15) is 36.8 Å². The van der Waals surface area contributed by atoms with Gasteiger partial charge in [-0.25, -0.2) is 18.7 Å². The Morgan fingerprint density at radius 2 is 1.64 bits per heavy atom. The van der Waals surface area contributed by atoms with Gasteiger partial charge in [-0.3, -0.25) is 19.0 Å². The minimum Gasteiger partial charge on any atom is -0.489 e. The van der Waals surface area contributed by atoms with Gasteiger partial charge in [0.2, 0.25) is 11.9 Å². The van der Waals surface area contributed by atoms with Crippen LogP contribution in [0.1, 0.15) is 124 Å². The summed E-state index contributed by atoms with van der Waals surface area (Å²) in [7, 11) is 1.78. The molecule has 2 atom stereocenters. The second-order valence-electron chi connectivity index (χ2n) is 23.1. The van der Waals surface area contributed by atoms with Crippen molar-refractivity contribution in [3.63, 3.8) is 0 Å². The van der Waals surface area contributed by atoms with E-state index in [1.807, 2.05) is 38.7 Å². The Balaban J connectivity index is 0.764. The van der Waals surface area contributed by atoms with Gasteiger partial charge in [0.1, 0.15) is 11.9 Å². The van der Waals surface area contributed by atoms with Crippen LogP contribution in [0.5, 0.6) is 5.75 Å². The van der Waals surface area contributed by atoms with Gasteiger partial charge in [0, 0.05) is 130 Å². The van der Waals surface area contributed by atoms with Crippen molar-refractivity contribution in [2.75, 3.05) is 55.6 Å². The summed E-state index contributed by atoms with van der Waals surface area (Å²) in [4.78, 5) is 44.5. The molecule has 5 aromatic rings. The van der Waals surface area contributed by atoms with E-state index in [1.165, 1.54) is 6.07 Å². The summed E-state index contributed by atoms with van der Waals surface area (Å²) < 4.78 is 80.8. The number of alkyl halides is 5. The molecule has 1 saturated carbocycles. The Hall–Kier alpha value is -6.62. The lowest BCUT2D eigenvalue weighted by Gasteiger charge is -2.63. The molecule has 2 amide bonds. The van der Waals surface area contributed by atoms with Crippen molar-refractivity contribution >= 4 is 29.3 Å². The molecule has 76 heavy (non-hydrogen) atoms. The van der Waals surface area contributed by atoms with Gasteiger partial charge in [0.25, 0.3) is 12.3 Å². The molecule has 0 bridgehead atoms. The van der Waals surface area contributed by atoms with E-state index in [0.717, 1.165) is 98.9 Å². The van der Waals surface area contributed by atoms with Crippen molar-refractivity contribution in [2.45, 2.75) is 118 Å². The Morgan fingerprint density at radius 1 is 0.947 bits per heavy atom. The molecule has 7 heterocycles. The number of aromatic nitrogens is 6. The van der Waals surface area contributed by atoms with E-state index in [1.54, 1.807) is 55.6 Å². The third kappa shape index (κ3) is 9.76. The zero-order valence-electron chi connectivity index (χ0n) is 44.5. The number of benzene rings is 2. The lowest BCUT2D eigenvalue weighted by atomic mass is 9.49. The molecule has 1 N–H and O–H groups in total. The number of ether oxygens (including phenoxy) is 1. The number of amides is 2. The number of carbonyl (C=O) groups excluding carboxylic acids is 2. The van der Waals surface area contributed by atoms with Crippen LogP contribution in [-0.4, -0.2) is 109 Å². The van der Waals surface area contributed by atoms with Crippen LogP contribution in [-0.2, 0) is 37.4 Å². The predicted molar refractivity (Wildman–Crippen MR) is 276 cm³/mol. The molecule has 10 rings (SSSR count). The maximum Gasteiger partial charge on any atom is 0.417 e. The van der Waals surface area contributed by atoms with Crippen molar-refractivity contribution in [3.05, 3.63) is 94.2 Å². The minimum absolute atomic E-state index is 0.000578. The van der Waals surface area contributed by atoms with E-state index in [0.29, 0.717) is 66.4 Å². The molecule has 1 aliphatic carbocycles. The zero-order chi connectivity index (χ0) is 54.2. The van der Waals surface area contributed by atoms with Crippen LogP contribution in [0.2, 0.25) is 0 Å². The number of aryl methyl sites for hydroxylation is 2. The van der Waals surface area contributed by atoms with Gasteiger partial charge in [-0.1, -0.05) is 41.5 Å². The summed E-state index contributed by atoms with van der Waals surface area (Å²) in [5, 5.41) is 22.0. The molecule has 2 saturated heterocycles. The smallest absolute Gasteiger partial charge is 0.417 e. The fourth-order valence-corrected chi connectivity index (χ4v) is 13.5. The number of hydrogen-bond acceptors (Lipinski definition) is 11. The first-order valence-corrected chi connectivity index (χ1v) is 26.5. The third-order valence-electron chi connectivity index (χ3n) is 17.2. The average molecular weight is 1050 g/mol. The molecule has 0 radical (unpaired) electrons. The Morgan fingerprint density at radius 3 is 2.26 bits per heavy atom. The van der Waals surface area contributed by atoms with E-state index in [4.69, 9.17) is 9.84 Å². The highest BCUT2D eigenvalue weighted by atomic mass is 19.4. The fourth-order valence-electron chi connectivity index (χ4n) is 13.5. The fraction of sp³-hybridized carbons (Fsp3) is 0.554. The van der Waals surface area contributed by atoms with Crippen LogP contribution in [0.3, 0.4) is 0 Å². The van der Waals surface area contributed by atoms with Crippen LogP contribution in [0.15, 0.2) is 55.1 Å². The second-order valence-corrected chi connectivity index (χ2v) is 23.1. The lowest BCUT2D eigenvalue weighted by molar-refractivity contribution is -0.164. The highest BCUT2D eigenvalue weighted by molar-refractivity contribution is 5.94. The van der Waals surface area contributed by atoms with Crippen molar-refractivity contribution in [1.82, 2.24) is 44.6 Å². The van der Waals surface area contributed by atoms with Crippen LogP contribution in [0, 0.1) is 39.9 Å². The quantitative estimate of drug-likeness (QED) is 0.126. The van der Waals surface area contributed by atoms with E-state index < -0.39 is 46.7 Å². The number of nitriles is 1. The highest BCUT2D eigenvalue weighted by Crippen LogP contribution is 2.56. The van der Waals surface area contributed by atoms with Gasteiger partial charge in [-0.15, -0.1) is 0 Å². The number of nitrogens with one attached hydrogen (secondary N) is 1. The minimum atomic E-state index is -4.72. The first-order valence-electron chi connectivity index (χ1n) is 26.5. The Labute approximate surface area is 440 Å². The zero-order valence-corrected chi connectivity index (χ0v) is 44.5. The molecular formula is C56H67F5N12O3. The van der Waals surface area contributed by atoms with E-state index in [2.05, 4.69) is 53.6 Å². The number of likely N-dealkylation sites (tertiary alicyclic amines) is 1. The lowest BCUT2D eigenvalue weighted by Crippen LogP contribution is -2.74. The van der Waals surface area contributed by atoms with Crippen molar-refractivity contribution in [3.8, 4) is 22.9 Å². The summed E-state index contributed by atoms with van der Waals surface area (Å²) in [5.74, 6) is 2.05. The number of nitrogens with zero attached hydrogens (tertiary/aromatic N) is 11. The predicted octanol–water partition coefficient (Wildman–Crippen LogP) is 9.55. The first-order chi connectivity index (χ1) is 36.0. The summed E-state index contributed by atoms with van der Waals surface area (Å²) in [6.45, 7) is 19.7. The summed E-state index contributed by atoms with van der Waals surface area (Å²) >= 11 is 0. The summed E-state index contributed by atoms with van der Waals surface area (Å²) in [6.07, 6.45) is 2.63.